The Morgan fingerprint density at radius 2 is 1.76 bits per heavy atom. The summed E-state index contributed by atoms with van der Waals surface area (Å²) in [4.78, 5) is 22.0. The summed E-state index contributed by atoms with van der Waals surface area (Å²) in [6.07, 6.45) is 4.03. The number of carbonyl (C=O) groups excluding carboxylic acids is 1. The van der Waals surface area contributed by atoms with Crippen molar-refractivity contribution in [1.29, 1.82) is 0 Å². The van der Waals surface area contributed by atoms with Gasteiger partial charge >= 0.3 is 0 Å². The van der Waals surface area contributed by atoms with Crippen LogP contribution in [0.2, 0.25) is 0 Å². The Balaban J connectivity index is 1.40. The summed E-state index contributed by atoms with van der Waals surface area (Å²) in [5, 5.41) is 6.55. The minimum Gasteiger partial charge on any atom is -0.363 e. The van der Waals surface area contributed by atoms with Gasteiger partial charge in [-0.1, -0.05) is 48.5 Å². The second-order valence-corrected chi connectivity index (χ2v) is 8.86. The van der Waals surface area contributed by atoms with Gasteiger partial charge in [0.2, 0.25) is 0 Å². The normalized spacial score (nSPS) is 13.3. The molecular weight excluding hydrogens is 422 g/mol. The van der Waals surface area contributed by atoms with Gasteiger partial charge in [-0.25, -0.2) is 9.97 Å². The predicted molar refractivity (Wildman–Crippen MR) is 135 cm³/mol. The molecule has 0 spiro atoms. The van der Waals surface area contributed by atoms with Crippen LogP contribution < -0.4 is 10.6 Å². The van der Waals surface area contributed by atoms with Gasteiger partial charge in [0.15, 0.2) is 11.5 Å². The number of hydrogen-bond acceptors (Lipinski definition) is 4. The molecule has 2 N–H and O–H groups in total. The van der Waals surface area contributed by atoms with Crippen molar-refractivity contribution in [2.45, 2.75) is 32.4 Å². The quantitative estimate of drug-likeness (QED) is 0.367. The Hall–Kier alpha value is -4.19. The molecular formula is C28H25N5O. The van der Waals surface area contributed by atoms with E-state index in [2.05, 4.69) is 46.2 Å². The first-order valence-electron chi connectivity index (χ1n) is 11.6. The molecule has 0 unspecified atom stereocenters. The average Bonchev–Trinajstić information content (AvgIpc) is 3.57. The van der Waals surface area contributed by atoms with E-state index in [1.54, 1.807) is 0 Å². The number of nitrogens with one attached hydrogen (secondary N) is 2. The first-order chi connectivity index (χ1) is 16.7. The standard InChI is InChI=1S/C28H25N5O/c1-18-6-2-3-7-21(18)16-29-26-27-30-17-25(33(27)24-9-5-4-8-23(24)32-26)19-10-12-20(13-11-19)28(34)31-22-14-15-22/h2-13,17,22H,14-16H2,1H3,(H,29,32)(H,31,34). The Morgan fingerprint density at radius 1 is 1.00 bits per heavy atom. The van der Waals surface area contributed by atoms with E-state index < -0.39 is 0 Å². The van der Waals surface area contributed by atoms with E-state index in [0.717, 1.165) is 46.6 Å². The number of fused-ring (bicyclic) bond motifs is 3. The molecule has 0 radical (unpaired) electrons. The van der Waals surface area contributed by atoms with Gasteiger partial charge in [0.05, 0.1) is 22.9 Å². The van der Waals surface area contributed by atoms with Crippen molar-refractivity contribution in [3.05, 3.63) is 95.7 Å². The van der Waals surface area contributed by atoms with Crippen molar-refractivity contribution in [2.24, 2.45) is 0 Å². The van der Waals surface area contributed by atoms with Crippen LogP contribution in [0, 0.1) is 6.92 Å². The van der Waals surface area contributed by atoms with Crippen LogP contribution in [0.15, 0.2) is 79.0 Å². The van der Waals surface area contributed by atoms with Gasteiger partial charge in [0.25, 0.3) is 5.91 Å². The fraction of sp³-hybridized carbons (Fsp3) is 0.179. The third kappa shape index (κ3) is 3.77. The second-order valence-electron chi connectivity index (χ2n) is 8.86. The van der Waals surface area contributed by atoms with E-state index in [0.29, 0.717) is 18.2 Å². The number of carbonyl (C=O) groups is 1. The molecule has 0 atom stereocenters. The summed E-state index contributed by atoms with van der Waals surface area (Å²) in [6.45, 7) is 2.78. The number of benzene rings is 3. The average molecular weight is 448 g/mol. The van der Waals surface area contributed by atoms with Gasteiger partial charge < -0.3 is 10.6 Å². The Kier molecular flexibility index (Phi) is 4.99. The number of aryl methyl sites for hydroxylation is 1. The molecule has 1 fully saturated rings. The van der Waals surface area contributed by atoms with Crippen LogP contribution in [0.4, 0.5) is 5.82 Å². The Labute approximate surface area is 197 Å². The van der Waals surface area contributed by atoms with Crippen LogP contribution >= 0.6 is 0 Å². The molecule has 6 rings (SSSR count). The highest BCUT2D eigenvalue weighted by atomic mass is 16.1. The number of para-hydroxylation sites is 2. The predicted octanol–water partition coefficient (Wildman–Crippen LogP) is 5.36. The Bertz CT molecular complexity index is 1520. The lowest BCUT2D eigenvalue weighted by molar-refractivity contribution is 0.0951. The van der Waals surface area contributed by atoms with Gasteiger partial charge in [-0.15, -0.1) is 0 Å². The van der Waals surface area contributed by atoms with E-state index >= 15 is 0 Å². The molecule has 0 saturated heterocycles. The lowest BCUT2D eigenvalue weighted by Gasteiger charge is -2.12. The van der Waals surface area contributed by atoms with Crippen LogP contribution in [-0.4, -0.2) is 26.3 Å². The van der Waals surface area contributed by atoms with Crippen molar-refractivity contribution in [3.8, 4) is 11.3 Å². The highest BCUT2D eigenvalue weighted by Gasteiger charge is 2.24. The third-order valence-electron chi connectivity index (χ3n) is 6.39. The summed E-state index contributed by atoms with van der Waals surface area (Å²) in [7, 11) is 0. The van der Waals surface area contributed by atoms with E-state index in [1.165, 1.54) is 11.1 Å². The first-order valence-corrected chi connectivity index (χ1v) is 11.6. The molecule has 168 valence electrons. The number of anilines is 1. The van der Waals surface area contributed by atoms with Crippen molar-refractivity contribution in [1.82, 2.24) is 19.7 Å². The molecule has 1 aliphatic rings. The van der Waals surface area contributed by atoms with Crippen molar-refractivity contribution >= 4 is 28.4 Å². The number of rotatable bonds is 6. The third-order valence-corrected chi connectivity index (χ3v) is 6.39. The zero-order valence-corrected chi connectivity index (χ0v) is 19.0. The number of imidazole rings is 1. The lowest BCUT2D eigenvalue weighted by Crippen LogP contribution is -2.25. The summed E-state index contributed by atoms with van der Waals surface area (Å²) in [5.74, 6) is 0.734. The number of nitrogens with zero attached hydrogens (tertiary/aromatic N) is 3. The van der Waals surface area contributed by atoms with E-state index in [4.69, 9.17) is 9.97 Å². The minimum absolute atomic E-state index is 0.00969. The van der Waals surface area contributed by atoms with Gasteiger partial charge in [-0.3, -0.25) is 9.20 Å². The largest absolute Gasteiger partial charge is 0.363 e. The summed E-state index contributed by atoms with van der Waals surface area (Å²) < 4.78 is 2.14. The van der Waals surface area contributed by atoms with Crippen molar-refractivity contribution in [2.75, 3.05) is 5.32 Å². The zero-order valence-electron chi connectivity index (χ0n) is 19.0. The number of aromatic nitrogens is 3. The fourth-order valence-electron chi connectivity index (χ4n) is 4.28. The van der Waals surface area contributed by atoms with Crippen molar-refractivity contribution in [3.63, 3.8) is 0 Å². The van der Waals surface area contributed by atoms with Crippen LogP contribution in [0.5, 0.6) is 0 Å². The molecule has 1 saturated carbocycles. The molecule has 2 aromatic heterocycles. The monoisotopic (exact) mass is 447 g/mol. The maximum Gasteiger partial charge on any atom is 0.251 e. The van der Waals surface area contributed by atoms with Gasteiger partial charge in [-0.2, -0.15) is 0 Å². The molecule has 3 aromatic carbocycles. The molecule has 1 amide bonds. The van der Waals surface area contributed by atoms with Crippen LogP contribution in [0.25, 0.3) is 27.9 Å². The molecule has 34 heavy (non-hydrogen) atoms. The van der Waals surface area contributed by atoms with E-state index in [9.17, 15) is 4.79 Å². The van der Waals surface area contributed by atoms with Gasteiger partial charge in [0, 0.05) is 23.7 Å². The fourth-order valence-corrected chi connectivity index (χ4v) is 4.28. The zero-order chi connectivity index (χ0) is 23.1. The van der Waals surface area contributed by atoms with Gasteiger partial charge in [-0.05, 0) is 55.2 Å². The van der Waals surface area contributed by atoms with E-state index in [1.807, 2.05) is 54.7 Å². The summed E-state index contributed by atoms with van der Waals surface area (Å²) in [6, 6.07) is 24.5. The molecule has 5 aromatic rings. The van der Waals surface area contributed by atoms with Crippen molar-refractivity contribution < 1.29 is 4.79 Å². The molecule has 0 bridgehead atoms. The van der Waals surface area contributed by atoms with Crippen LogP contribution in [-0.2, 0) is 6.54 Å². The molecule has 0 aliphatic heterocycles. The van der Waals surface area contributed by atoms with Crippen LogP contribution in [0.1, 0.15) is 34.3 Å². The number of amides is 1. The summed E-state index contributed by atoms with van der Waals surface area (Å²) in [5.41, 5.74) is 7.75. The maximum atomic E-state index is 12.4. The smallest absolute Gasteiger partial charge is 0.251 e. The molecule has 6 nitrogen and oxygen atoms in total. The first kappa shape index (κ1) is 20.4. The molecule has 6 heteroatoms. The lowest BCUT2D eigenvalue weighted by atomic mass is 10.1. The van der Waals surface area contributed by atoms with E-state index in [-0.39, 0.29) is 5.91 Å². The molecule has 2 heterocycles. The summed E-state index contributed by atoms with van der Waals surface area (Å²) >= 11 is 0. The minimum atomic E-state index is -0.00969. The highest BCUT2D eigenvalue weighted by Crippen LogP contribution is 2.29. The maximum absolute atomic E-state index is 12.4. The molecule has 1 aliphatic carbocycles. The number of hydrogen-bond donors (Lipinski definition) is 2. The van der Waals surface area contributed by atoms with Crippen LogP contribution in [0.3, 0.4) is 0 Å². The SMILES string of the molecule is Cc1ccccc1CNc1nc2ccccc2n2c(-c3ccc(C(=O)NC4CC4)cc3)cnc12. The highest BCUT2D eigenvalue weighted by molar-refractivity contribution is 5.95. The topological polar surface area (TPSA) is 71.3 Å². The van der Waals surface area contributed by atoms with Gasteiger partial charge in [0.1, 0.15) is 0 Å². The second kappa shape index (κ2) is 8.30. The Morgan fingerprint density at radius 3 is 2.56 bits per heavy atom.